The number of carbonyl (C=O) groups is 1. The second-order valence-electron chi connectivity index (χ2n) is 4.48. The second kappa shape index (κ2) is 5.97. The van der Waals surface area contributed by atoms with Gasteiger partial charge in [0, 0.05) is 5.56 Å². The van der Waals surface area contributed by atoms with Gasteiger partial charge in [-0.05, 0) is 20.3 Å². The molecule has 6 nitrogen and oxygen atoms in total. The molecule has 0 bridgehead atoms. The molecular weight excluding hydrogens is 236 g/mol. The first-order valence-corrected chi connectivity index (χ1v) is 5.92. The van der Waals surface area contributed by atoms with Crippen molar-refractivity contribution >= 4 is 5.91 Å². The summed E-state index contributed by atoms with van der Waals surface area (Å²) in [7, 11) is 0. The summed E-state index contributed by atoms with van der Waals surface area (Å²) < 4.78 is 4.98. The molecule has 18 heavy (non-hydrogen) atoms. The van der Waals surface area contributed by atoms with Crippen molar-refractivity contribution in [2.24, 2.45) is 0 Å². The predicted octanol–water partition coefficient (Wildman–Crippen LogP) is 0.0835. The Morgan fingerprint density at radius 2 is 2.00 bits per heavy atom. The maximum atomic E-state index is 11.9. The fraction of sp³-hybridized carbons (Fsp3) is 0.667. The molecule has 3 N–H and O–H groups in total. The molecule has 0 saturated carbocycles. The Hall–Kier alpha value is -1.40. The number of nitrogens with zero attached hydrogens (tertiary/aromatic N) is 1. The number of rotatable bonds is 6. The minimum absolute atomic E-state index is 0.128. The smallest absolute Gasteiger partial charge is 0.225 e. The van der Waals surface area contributed by atoms with Gasteiger partial charge in [-0.3, -0.25) is 4.79 Å². The van der Waals surface area contributed by atoms with Gasteiger partial charge in [0.1, 0.15) is 5.76 Å². The Balaban J connectivity index is 2.72. The highest BCUT2D eigenvalue weighted by molar-refractivity contribution is 5.79. The molecule has 1 rings (SSSR count). The van der Waals surface area contributed by atoms with Crippen molar-refractivity contribution in [1.82, 2.24) is 10.5 Å². The van der Waals surface area contributed by atoms with Gasteiger partial charge in [-0.2, -0.15) is 0 Å². The number of amides is 1. The Kier molecular flexibility index (Phi) is 4.86. The summed E-state index contributed by atoms with van der Waals surface area (Å²) in [6.45, 7) is 4.71. The van der Waals surface area contributed by atoms with Crippen molar-refractivity contribution < 1.29 is 19.5 Å². The molecular formula is C12H20N2O4. The Morgan fingerprint density at radius 3 is 2.39 bits per heavy atom. The second-order valence-corrected chi connectivity index (χ2v) is 4.48. The van der Waals surface area contributed by atoms with Crippen LogP contribution >= 0.6 is 0 Å². The molecule has 6 heteroatoms. The standard InChI is InChI=1S/C12H20N2O4/c1-4-12(6-15,7-16)13-11(17)5-10-8(2)14-18-9(10)3/h15-16H,4-7H2,1-3H3,(H,13,17). The SMILES string of the molecule is CCC(CO)(CO)NC(=O)Cc1c(C)noc1C. The highest BCUT2D eigenvalue weighted by atomic mass is 16.5. The van der Waals surface area contributed by atoms with Gasteiger partial charge < -0.3 is 20.1 Å². The predicted molar refractivity (Wildman–Crippen MR) is 65.0 cm³/mol. The number of hydrogen-bond acceptors (Lipinski definition) is 5. The van der Waals surface area contributed by atoms with Crippen LogP contribution in [0, 0.1) is 13.8 Å². The van der Waals surface area contributed by atoms with Gasteiger partial charge in [-0.25, -0.2) is 0 Å². The first-order chi connectivity index (χ1) is 8.48. The molecule has 0 spiro atoms. The molecule has 1 aromatic rings. The highest BCUT2D eigenvalue weighted by Gasteiger charge is 2.29. The van der Waals surface area contributed by atoms with Crippen molar-refractivity contribution in [3.8, 4) is 0 Å². The third-order valence-corrected chi connectivity index (χ3v) is 3.21. The number of hydrogen-bond donors (Lipinski definition) is 3. The molecule has 1 heterocycles. The zero-order chi connectivity index (χ0) is 13.8. The van der Waals surface area contributed by atoms with E-state index in [2.05, 4.69) is 10.5 Å². The van der Waals surface area contributed by atoms with Crippen LogP contribution in [0.2, 0.25) is 0 Å². The van der Waals surface area contributed by atoms with Gasteiger partial charge in [0.25, 0.3) is 0 Å². The van der Waals surface area contributed by atoms with Crippen LogP contribution in [0.3, 0.4) is 0 Å². The van der Waals surface area contributed by atoms with Crippen LogP contribution in [0.1, 0.15) is 30.4 Å². The van der Waals surface area contributed by atoms with E-state index in [4.69, 9.17) is 4.52 Å². The molecule has 1 aromatic heterocycles. The average Bonchev–Trinajstić information content (AvgIpc) is 2.68. The number of nitrogens with one attached hydrogen (secondary N) is 1. The Bertz CT molecular complexity index is 382. The molecule has 0 saturated heterocycles. The summed E-state index contributed by atoms with van der Waals surface area (Å²) in [5, 5.41) is 24.9. The summed E-state index contributed by atoms with van der Waals surface area (Å²) in [6, 6.07) is 0. The molecule has 0 radical (unpaired) electrons. The van der Waals surface area contributed by atoms with E-state index >= 15 is 0 Å². The quantitative estimate of drug-likeness (QED) is 0.670. The van der Waals surface area contributed by atoms with Crippen LogP contribution in [-0.4, -0.2) is 40.0 Å². The summed E-state index contributed by atoms with van der Waals surface area (Å²) in [5.74, 6) is 0.340. The van der Waals surface area contributed by atoms with Gasteiger partial charge in [0.2, 0.25) is 5.91 Å². The van der Waals surface area contributed by atoms with Gasteiger partial charge >= 0.3 is 0 Å². The van der Waals surface area contributed by atoms with Crippen LogP contribution in [0.15, 0.2) is 4.52 Å². The maximum absolute atomic E-state index is 11.9. The van der Waals surface area contributed by atoms with Crippen molar-refractivity contribution in [3.63, 3.8) is 0 Å². The van der Waals surface area contributed by atoms with Gasteiger partial charge in [0.05, 0.1) is 30.9 Å². The summed E-state index contributed by atoms with van der Waals surface area (Å²) in [5.41, 5.74) is 0.460. The minimum Gasteiger partial charge on any atom is -0.394 e. The van der Waals surface area contributed by atoms with Crippen molar-refractivity contribution in [2.45, 2.75) is 39.2 Å². The van der Waals surface area contributed by atoms with E-state index in [-0.39, 0.29) is 25.5 Å². The lowest BCUT2D eigenvalue weighted by molar-refractivity contribution is -0.123. The lowest BCUT2D eigenvalue weighted by Crippen LogP contribution is -2.54. The fourth-order valence-corrected chi connectivity index (χ4v) is 1.70. The van der Waals surface area contributed by atoms with E-state index in [1.165, 1.54) is 0 Å². The van der Waals surface area contributed by atoms with E-state index in [9.17, 15) is 15.0 Å². The van der Waals surface area contributed by atoms with Crippen molar-refractivity contribution in [1.29, 1.82) is 0 Å². The zero-order valence-electron chi connectivity index (χ0n) is 11.0. The highest BCUT2D eigenvalue weighted by Crippen LogP contribution is 2.14. The average molecular weight is 256 g/mol. The molecule has 0 atom stereocenters. The van der Waals surface area contributed by atoms with E-state index in [1.54, 1.807) is 20.8 Å². The number of aryl methyl sites for hydroxylation is 2. The number of aromatic nitrogens is 1. The first kappa shape index (κ1) is 14.7. The van der Waals surface area contributed by atoms with Crippen molar-refractivity contribution in [2.75, 3.05) is 13.2 Å². The van der Waals surface area contributed by atoms with Gasteiger partial charge in [0.15, 0.2) is 0 Å². The lowest BCUT2D eigenvalue weighted by Gasteiger charge is -2.29. The zero-order valence-corrected chi connectivity index (χ0v) is 11.0. The molecule has 0 unspecified atom stereocenters. The Morgan fingerprint density at radius 1 is 1.39 bits per heavy atom. The van der Waals surface area contributed by atoms with Crippen LogP contribution in [0.25, 0.3) is 0 Å². The molecule has 1 amide bonds. The lowest BCUT2D eigenvalue weighted by atomic mass is 9.97. The van der Waals surface area contributed by atoms with Crippen molar-refractivity contribution in [3.05, 3.63) is 17.0 Å². The largest absolute Gasteiger partial charge is 0.394 e. The molecule has 0 fully saturated rings. The third-order valence-electron chi connectivity index (χ3n) is 3.21. The maximum Gasteiger partial charge on any atom is 0.225 e. The normalized spacial score (nSPS) is 11.6. The van der Waals surface area contributed by atoms with Crippen LogP contribution in [-0.2, 0) is 11.2 Å². The molecule has 0 aliphatic rings. The summed E-state index contributed by atoms with van der Waals surface area (Å²) in [6.07, 6.45) is 0.580. The summed E-state index contributed by atoms with van der Waals surface area (Å²) >= 11 is 0. The van der Waals surface area contributed by atoms with E-state index in [0.29, 0.717) is 17.9 Å². The molecule has 0 aliphatic carbocycles. The van der Waals surface area contributed by atoms with E-state index in [0.717, 1.165) is 5.56 Å². The van der Waals surface area contributed by atoms with Gasteiger partial charge in [-0.15, -0.1) is 0 Å². The molecule has 0 aliphatic heterocycles. The number of carbonyl (C=O) groups excluding carboxylic acids is 1. The van der Waals surface area contributed by atoms with Crippen LogP contribution < -0.4 is 5.32 Å². The number of aliphatic hydroxyl groups excluding tert-OH is 2. The topological polar surface area (TPSA) is 95.6 Å². The van der Waals surface area contributed by atoms with Crippen LogP contribution in [0.5, 0.6) is 0 Å². The first-order valence-electron chi connectivity index (χ1n) is 5.92. The molecule has 0 aromatic carbocycles. The third kappa shape index (κ3) is 3.08. The number of aliphatic hydroxyl groups is 2. The minimum atomic E-state index is -0.962. The molecule has 102 valence electrons. The van der Waals surface area contributed by atoms with E-state index < -0.39 is 5.54 Å². The Labute approximate surface area is 106 Å². The van der Waals surface area contributed by atoms with E-state index in [1.807, 2.05) is 0 Å². The van der Waals surface area contributed by atoms with Crippen LogP contribution in [0.4, 0.5) is 0 Å². The monoisotopic (exact) mass is 256 g/mol. The summed E-state index contributed by atoms with van der Waals surface area (Å²) in [4.78, 5) is 11.9. The fourth-order valence-electron chi connectivity index (χ4n) is 1.70. The van der Waals surface area contributed by atoms with Gasteiger partial charge in [-0.1, -0.05) is 12.1 Å².